The minimum Gasteiger partial charge on any atom is -0.314 e. The number of hydrogen-bond acceptors (Lipinski definition) is 7. The number of benzene rings is 2. The normalized spacial score (nSPS) is 15.0. The van der Waals surface area contributed by atoms with E-state index in [-0.39, 0.29) is 21.0 Å². The minimum atomic E-state index is -4.11. The smallest absolute Gasteiger partial charge is 0.289 e. The zero-order valence-electron chi connectivity index (χ0n) is 17.1. The summed E-state index contributed by atoms with van der Waals surface area (Å²) in [6.07, 6.45) is 0. The molecule has 0 unspecified atom stereocenters. The monoisotopic (exact) mass is 492 g/mol. The highest BCUT2D eigenvalue weighted by molar-refractivity contribution is 7.93. The van der Waals surface area contributed by atoms with Gasteiger partial charge in [-0.05, 0) is 43.7 Å². The highest BCUT2D eigenvalue weighted by Gasteiger charge is 2.42. The molecule has 4 rings (SSSR count). The number of halogens is 1. The summed E-state index contributed by atoms with van der Waals surface area (Å²) in [7, 11) is -2.39. The van der Waals surface area contributed by atoms with E-state index in [1.54, 1.807) is 17.3 Å². The number of nitro benzene ring substituents is 1. The Hall–Kier alpha value is -3.02. The molecule has 1 aliphatic rings. The molecule has 0 atom stereocenters. The van der Waals surface area contributed by atoms with E-state index in [0.717, 1.165) is 40.3 Å². The molecule has 3 aromatic rings. The summed E-state index contributed by atoms with van der Waals surface area (Å²) in [6.45, 7) is 3.71. The fraction of sp³-hybridized carbons (Fsp3) is 0.200. The lowest BCUT2D eigenvalue weighted by atomic mass is 9.85. The minimum absolute atomic E-state index is 0.00608. The predicted molar refractivity (Wildman–Crippen MR) is 123 cm³/mol. The lowest BCUT2D eigenvalue weighted by Crippen LogP contribution is -2.33. The number of aromatic nitrogens is 1. The molecule has 0 bridgehead atoms. The summed E-state index contributed by atoms with van der Waals surface area (Å²) in [5.74, 6) is -0.00608. The van der Waals surface area contributed by atoms with E-state index in [0.29, 0.717) is 5.69 Å². The first-order valence-electron chi connectivity index (χ1n) is 9.27. The van der Waals surface area contributed by atoms with Crippen LogP contribution in [-0.2, 0) is 20.2 Å². The van der Waals surface area contributed by atoms with Gasteiger partial charge in [-0.3, -0.25) is 19.6 Å². The summed E-state index contributed by atoms with van der Waals surface area (Å²) < 4.78 is 27.7. The van der Waals surface area contributed by atoms with Crippen LogP contribution < -0.4 is 9.62 Å². The summed E-state index contributed by atoms with van der Waals surface area (Å²) in [6, 6.07) is 8.78. The van der Waals surface area contributed by atoms with Gasteiger partial charge in [-0.1, -0.05) is 17.7 Å². The number of thiazole rings is 1. The third-order valence-corrected chi connectivity index (χ3v) is 7.86. The number of carbonyl (C=O) groups is 1. The molecular formula is C20H17ClN4O5S2. The number of carbonyl (C=O) groups excluding carboxylic acids is 1. The van der Waals surface area contributed by atoms with Crippen molar-refractivity contribution in [2.45, 2.75) is 24.2 Å². The third-order valence-electron chi connectivity index (χ3n) is 5.32. The second-order valence-electron chi connectivity index (χ2n) is 7.73. The number of fused-ring (bicyclic) bond motifs is 1. The van der Waals surface area contributed by atoms with Gasteiger partial charge in [0.25, 0.3) is 15.7 Å². The van der Waals surface area contributed by atoms with Gasteiger partial charge in [0.05, 0.1) is 20.9 Å². The van der Waals surface area contributed by atoms with Crippen molar-refractivity contribution in [2.75, 3.05) is 16.7 Å². The van der Waals surface area contributed by atoms with Crippen LogP contribution in [0.1, 0.15) is 19.4 Å². The van der Waals surface area contributed by atoms with Gasteiger partial charge in [-0.25, -0.2) is 13.4 Å². The topological polar surface area (TPSA) is 123 Å². The van der Waals surface area contributed by atoms with Crippen molar-refractivity contribution < 1.29 is 18.1 Å². The van der Waals surface area contributed by atoms with Crippen LogP contribution in [-0.4, -0.2) is 31.3 Å². The Morgan fingerprint density at radius 3 is 2.62 bits per heavy atom. The SMILES string of the molecule is CN1C(=O)C(C)(C)c2cc(-c3csc(NS(=O)(=O)c4ccc(Cl)c([N+](=O)[O-])c4)n3)ccc21. The molecule has 12 heteroatoms. The molecule has 0 spiro atoms. The average Bonchev–Trinajstić information content (AvgIpc) is 3.25. The number of rotatable bonds is 5. The first kappa shape index (κ1) is 22.2. The standard InChI is InChI=1S/C20H17ClN4O5S2/c1-20(2)13-8-11(4-7-16(13)24(3)18(20)26)15-10-31-19(22-15)23-32(29,30)12-5-6-14(21)17(9-12)25(27)28/h4-10H,1-3H3,(H,22,23). The number of sulfonamides is 1. The number of amides is 1. The van der Waals surface area contributed by atoms with E-state index in [2.05, 4.69) is 9.71 Å². The van der Waals surface area contributed by atoms with Crippen LogP contribution in [0.4, 0.5) is 16.5 Å². The van der Waals surface area contributed by atoms with Gasteiger partial charge in [0.2, 0.25) is 5.91 Å². The quantitative estimate of drug-likeness (QED) is 0.415. The summed E-state index contributed by atoms with van der Waals surface area (Å²) in [4.78, 5) is 28.5. The molecule has 1 aliphatic heterocycles. The fourth-order valence-corrected chi connectivity index (χ4v) is 5.74. The van der Waals surface area contributed by atoms with Crippen molar-refractivity contribution in [2.24, 2.45) is 0 Å². The zero-order chi connectivity index (χ0) is 23.4. The summed E-state index contributed by atoms with van der Waals surface area (Å²) in [5, 5.41) is 12.7. The highest BCUT2D eigenvalue weighted by atomic mass is 35.5. The molecule has 1 N–H and O–H groups in total. The Kier molecular flexibility index (Phi) is 5.23. The predicted octanol–water partition coefficient (Wildman–Crippen LogP) is 4.43. The third kappa shape index (κ3) is 3.61. The maximum absolute atomic E-state index is 12.7. The number of hydrogen-bond donors (Lipinski definition) is 1. The Morgan fingerprint density at radius 1 is 1.22 bits per heavy atom. The molecule has 2 aromatic carbocycles. The molecule has 0 saturated carbocycles. The van der Waals surface area contributed by atoms with Gasteiger partial charge >= 0.3 is 0 Å². The Labute approximate surface area is 192 Å². The van der Waals surface area contributed by atoms with Crippen molar-refractivity contribution in [3.05, 3.63) is 62.5 Å². The zero-order valence-corrected chi connectivity index (χ0v) is 19.5. The van der Waals surface area contributed by atoms with E-state index in [1.165, 1.54) is 6.07 Å². The van der Waals surface area contributed by atoms with Gasteiger partial charge < -0.3 is 4.90 Å². The highest BCUT2D eigenvalue weighted by Crippen LogP contribution is 2.42. The second kappa shape index (κ2) is 7.54. The van der Waals surface area contributed by atoms with Crippen LogP contribution in [0.2, 0.25) is 5.02 Å². The van der Waals surface area contributed by atoms with Crippen molar-refractivity contribution in [3.8, 4) is 11.3 Å². The maximum Gasteiger partial charge on any atom is 0.289 e. The van der Waals surface area contributed by atoms with Crippen LogP contribution in [0.15, 0.2) is 46.7 Å². The molecule has 1 aromatic heterocycles. The molecule has 9 nitrogen and oxygen atoms in total. The summed E-state index contributed by atoms with van der Waals surface area (Å²) in [5.41, 5.74) is 1.79. The van der Waals surface area contributed by atoms with Gasteiger partial charge in [0.1, 0.15) is 5.02 Å². The largest absolute Gasteiger partial charge is 0.314 e. The number of nitrogens with zero attached hydrogens (tertiary/aromatic N) is 3. The molecular weight excluding hydrogens is 476 g/mol. The van der Waals surface area contributed by atoms with Crippen LogP contribution in [0, 0.1) is 10.1 Å². The van der Waals surface area contributed by atoms with Crippen LogP contribution >= 0.6 is 22.9 Å². The molecule has 0 saturated heterocycles. The van der Waals surface area contributed by atoms with Crippen molar-refractivity contribution in [3.63, 3.8) is 0 Å². The lowest BCUT2D eigenvalue weighted by Gasteiger charge is -2.16. The van der Waals surface area contributed by atoms with E-state index in [1.807, 2.05) is 32.0 Å². The van der Waals surface area contributed by atoms with Gasteiger partial charge in [-0.15, -0.1) is 11.3 Å². The summed E-state index contributed by atoms with van der Waals surface area (Å²) >= 11 is 6.83. The Balaban J connectivity index is 1.63. The number of likely N-dealkylation sites (N-methyl/N-ethyl adjacent to an activating group) is 1. The van der Waals surface area contributed by atoms with E-state index in [4.69, 9.17) is 11.6 Å². The first-order chi connectivity index (χ1) is 14.9. The van der Waals surface area contributed by atoms with E-state index >= 15 is 0 Å². The van der Waals surface area contributed by atoms with Crippen molar-refractivity contribution in [1.29, 1.82) is 0 Å². The fourth-order valence-electron chi connectivity index (χ4n) is 3.56. The van der Waals surface area contributed by atoms with Crippen LogP contribution in [0.5, 0.6) is 0 Å². The maximum atomic E-state index is 12.7. The number of anilines is 2. The molecule has 32 heavy (non-hydrogen) atoms. The van der Waals surface area contributed by atoms with E-state index in [9.17, 15) is 23.3 Å². The molecule has 2 heterocycles. The average molecular weight is 493 g/mol. The van der Waals surface area contributed by atoms with Gasteiger partial charge in [-0.2, -0.15) is 0 Å². The molecule has 1 amide bonds. The molecule has 0 fully saturated rings. The number of nitrogens with one attached hydrogen (secondary N) is 1. The van der Waals surface area contributed by atoms with Crippen molar-refractivity contribution >= 4 is 55.4 Å². The Morgan fingerprint density at radius 2 is 1.94 bits per heavy atom. The number of nitro groups is 1. The van der Waals surface area contributed by atoms with Crippen molar-refractivity contribution in [1.82, 2.24) is 4.98 Å². The first-order valence-corrected chi connectivity index (χ1v) is 12.0. The van der Waals surface area contributed by atoms with Gasteiger partial charge in [0.15, 0.2) is 5.13 Å². The second-order valence-corrected chi connectivity index (χ2v) is 10.7. The molecule has 166 valence electrons. The Bertz CT molecular complexity index is 1380. The molecule has 0 radical (unpaired) electrons. The van der Waals surface area contributed by atoms with Gasteiger partial charge in [0, 0.05) is 29.7 Å². The van der Waals surface area contributed by atoms with E-state index < -0.39 is 26.0 Å². The van der Waals surface area contributed by atoms with Crippen LogP contribution in [0.3, 0.4) is 0 Å². The lowest BCUT2D eigenvalue weighted by molar-refractivity contribution is -0.384. The molecule has 0 aliphatic carbocycles. The van der Waals surface area contributed by atoms with Crippen LogP contribution in [0.25, 0.3) is 11.3 Å².